The molecule has 0 spiro atoms. The lowest BCUT2D eigenvalue weighted by molar-refractivity contribution is 0.00621. The average Bonchev–Trinajstić information content (AvgIpc) is 2.39. The molecular weight excluding hydrogens is 246 g/mol. The number of hydrogen-bond acceptors (Lipinski definition) is 2. The minimum absolute atomic E-state index is 0.116. The van der Waals surface area contributed by atoms with Crippen molar-refractivity contribution in [2.45, 2.75) is 64.8 Å². The minimum atomic E-state index is -0.116. The molecular formula is C18H29NO. The van der Waals surface area contributed by atoms with Gasteiger partial charge in [-0.2, -0.15) is 0 Å². The van der Waals surface area contributed by atoms with Gasteiger partial charge in [-0.1, -0.05) is 38.8 Å². The van der Waals surface area contributed by atoms with Crippen LogP contribution in [0.5, 0.6) is 5.75 Å². The van der Waals surface area contributed by atoms with E-state index in [2.05, 4.69) is 26.0 Å². The van der Waals surface area contributed by atoms with E-state index in [-0.39, 0.29) is 5.54 Å². The smallest absolute Gasteiger partial charge is 0.119 e. The lowest BCUT2D eigenvalue weighted by Crippen LogP contribution is -2.55. The second kappa shape index (κ2) is 6.17. The molecule has 0 radical (unpaired) electrons. The first-order valence-electron chi connectivity index (χ1n) is 8.10. The van der Waals surface area contributed by atoms with Crippen LogP contribution < -0.4 is 10.5 Å². The van der Waals surface area contributed by atoms with Gasteiger partial charge >= 0.3 is 0 Å². The molecule has 0 bridgehead atoms. The first-order valence-corrected chi connectivity index (χ1v) is 8.10. The molecule has 112 valence electrons. The number of nitrogens with two attached hydrogens (primary N) is 1. The molecule has 0 aliphatic heterocycles. The van der Waals surface area contributed by atoms with Crippen LogP contribution in [0.3, 0.4) is 0 Å². The van der Waals surface area contributed by atoms with Crippen LogP contribution in [0, 0.1) is 5.41 Å². The molecule has 0 aromatic heterocycles. The molecule has 1 aromatic carbocycles. The number of rotatable bonds is 7. The third-order valence-corrected chi connectivity index (χ3v) is 4.68. The average molecular weight is 275 g/mol. The molecule has 1 aliphatic carbocycles. The highest BCUT2D eigenvalue weighted by molar-refractivity contribution is 5.34. The highest BCUT2D eigenvalue weighted by Crippen LogP contribution is 2.57. The lowest BCUT2D eigenvalue weighted by atomic mass is 9.52. The second-order valence-corrected chi connectivity index (χ2v) is 6.47. The normalized spacial score (nSPS) is 19.4. The predicted molar refractivity (Wildman–Crippen MR) is 85.0 cm³/mol. The van der Waals surface area contributed by atoms with E-state index in [0.29, 0.717) is 12.0 Å². The quantitative estimate of drug-likeness (QED) is 0.788. The Hall–Kier alpha value is -1.02. The van der Waals surface area contributed by atoms with Crippen LogP contribution in [0.15, 0.2) is 24.3 Å². The van der Waals surface area contributed by atoms with Gasteiger partial charge in [0.1, 0.15) is 5.75 Å². The zero-order chi connectivity index (χ0) is 14.6. The molecule has 0 heterocycles. The topological polar surface area (TPSA) is 35.2 Å². The van der Waals surface area contributed by atoms with Crippen molar-refractivity contribution in [3.05, 3.63) is 29.8 Å². The first-order chi connectivity index (χ1) is 9.57. The Morgan fingerprint density at radius 3 is 2.00 bits per heavy atom. The molecule has 0 atom stereocenters. The van der Waals surface area contributed by atoms with Crippen molar-refractivity contribution in [2.24, 2.45) is 11.1 Å². The monoisotopic (exact) mass is 275 g/mol. The van der Waals surface area contributed by atoms with Crippen molar-refractivity contribution in [2.75, 3.05) is 6.61 Å². The van der Waals surface area contributed by atoms with Gasteiger partial charge in [-0.3, -0.25) is 0 Å². The highest BCUT2D eigenvalue weighted by atomic mass is 16.5. The summed E-state index contributed by atoms with van der Waals surface area (Å²) in [5.41, 5.74) is 8.29. The van der Waals surface area contributed by atoms with Crippen LogP contribution in [-0.4, -0.2) is 6.61 Å². The largest absolute Gasteiger partial charge is 0.494 e. The molecule has 1 aliphatic rings. The zero-order valence-electron chi connectivity index (χ0n) is 13.2. The summed E-state index contributed by atoms with van der Waals surface area (Å²) in [7, 11) is 0. The fourth-order valence-corrected chi connectivity index (χ4v) is 4.08. The summed E-state index contributed by atoms with van der Waals surface area (Å²) < 4.78 is 5.50. The summed E-state index contributed by atoms with van der Waals surface area (Å²) in [6.07, 6.45) is 7.43. The van der Waals surface area contributed by atoms with Crippen molar-refractivity contribution in [3.63, 3.8) is 0 Å². The van der Waals surface area contributed by atoms with Crippen molar-refractivity contribution in [3.8, 4) is 5.75 Å². The Bertz CT molecular complexity index is 410. The fourth-order valence-electron chi connectivity index (χ4n) is 4.08. The molecule has 2 heteroatoms. The van der Waals surface area contributed by atoms with Gasteiger partial charge in [0.05, 0.1) is 6.61 Å². The van der Waals surface area contributed by atoms with Crippen molar-refractivity contribution in [1.82, 2.24) is 0 Å². The summed E-state index contributed by atoms with van der Waals surface area (Å²) in [5, 5.41) is 0. The standard InChI is InChI=1S/C18H29NO/c1-4-11-17(12-5-2)13-18(19,14-17)15-7-9-16(10-8-15)20-6-3/h7-10H,4-6,11-14,19H2,1-3H3. The van der Waals surface area contributed by atoms with Gasteiger partial charge in [0.25, 0.3) is 0 Å². The van der Waals surface area contributed by atoms with Gasteiger partial charge < -0.3 is 10.5 Å². The molecule has 1 aromatic rings. The molecule has 0 unspecified atom stereocenters. The van der Waals surface area contributed by atoms with Crippen LogP contribution in [0.4, 0.5) is 0 Å². The van der Waals surface area contributed by atoms with E-state index in [1.807, 2.05) is 19.1 Å². The van der Waals surface area contributed by atoms with Crippen molar-refractivity contribution >= 4 is 0 Å². The maximum Gasteiger partial charge on any atom is 0.119 e. The Kier molecular flexibility index (Phi) is 4.74. The molecule has 1 saturated carbocycles. The van der Waals surface area contributed by atoms with Gasteiger partial charge in [0, 0.05) is 5.54 Å². The van der Waals surface area contributed by atoms with Gasteiger partial charge in [0.2, 0.25) is 0 Å². The van der Waals surface area contributed by atoms with Gasteiger partial charge in [-0.25, -0.2) is 0 Å². The van der Waals surface area contributed by atoms with Crippen molar-refractivity contribution in [1.29, 1.82) is 0 Å². The van der Waals surface area contributed by atoms with Crippen molar-refractivity contribution < 1.29 is 4.74 Å². The van der Waals surface area contributed by atoms with E-state index in [0.717, 1.165) is 18.6 Å². The zero-order valence-corrected chi connectivity index (χ0v) is 13.2. The fraction of sp³-hybridized carbons (Fsp3) is 0.667. The summed E-state index contributed by atoms with van der Waals surface area (Å²) >= 11 is 0. The van der Waals surface area contributed by atoms with E-state index in [9.17, 15) is 0 Å². The molecule has 0 amide bonds. The molecule has 1 fully saturated rings. The Balaban J connectivity index is 2.06. The van der Waals surface area contributed by atoms with Crippen LogP contribution in [-0.2, 0) is 5.54 Å². The Morgan fingerprint density at radius 1 is 1.00 bits per heavy atom. The Labute approximate surface area is 123 Å². The number of benzene rings is 1. The Morgan fingerprint density at radius 2 is 1.55 bits per heavy atom. The van der Waals surface area contributed by atoms with Gasteiger partial charge in [-0.05, 0) is 55.7 Å². The van der Waals surface area contributed by atoms with Crippen LogP contribution in [0.25, 0.3) is 0 Å². The van der Waals surface area contributed by atoms with E-state index < -0.39 is 0 Å². The third kappa shape index (κ3) is 3.01. The second-order valence-electron chi connectivity index (χ2n) is 6.47. The van der Waals surface area contributed by atoms with Crippen LogP contribution in [0.1, 0.15) is 64.9 Å². The SMILES string of the molecule is CCCC1(CCC)CC(N)(c2ccc(OCC)cc2)C1. The first kappa shape index (κ1) is 15.4. The van der Waals surface area contributed by atoms with Gasteiger partial charge in [0.15, 0.2) is 0 Å². The van der Waals surface area contributed by atoms with E-state index in [1.54, 1.807) is 0 Å². The summed E-state index contributed by atoms with van der Waals surface area (Å²) in [5.74, 6) is 0.938. The molecule has 2 N–H and O–H groups in total. The maximum atomic E-state index is 6.64. The van der Waals surface area contributed by atoms with Crippen LogP contribution >= 0.6 is 0 Å². The third-order valence-electron chi connectivity index (χ3n) is 4.68. The highest BCUT2D eigenvalue weighted by Gasteiger charge is 2.51. The summed E-state index contributed by atoms with van der Waals surface area (Å²) in [4.78, 5) is 0. The lowest BCUT2D eigenvalue weighted by Gasteiger charge is -2.55. The van der Waals surface area contributed by atoms with Crippen LogP contribution in [0.2, 0.25) is 0 Å². The van der Waals surface area contributed by atoms with E-state index in [4.69, 9.17) is 10.5 Å². The van der Waals surface area contributed by atoms with Gasteiger partial charge in [-0.15, -0.1) is 0 Å². The summed E-state index contributed by atoms with van der Waals surface area (Å²) in [6, 6.07) is 8.39. The predicted octanol–water partition coefficient (Wildman–Crippen LogP) is 4.62. The molecule has 20 heavy (non-hydrogen) atoms. The minimum Gasteiger partial charge on any atom is -0.494 e. The molecule has 2 nitrogen and oxygen atoms in total. The van der Waals surface area contributed by atoms with E-state index >= 15 is 0 Å². The molecule has 2 rings (SSSR count). The summed E-state index contributed by atoms with van der Waals surface area (Å²) in [6.45, 7) is 7.28. The molecule has 0 saturated heterocycles. The number of ether oxygens (including phenoxy) is 1. The number of hydrogen-bond donors (Lipinski definition) is 1. The van der Waals surface area contributed by atoms with E-state index in [1.165, 1.54) is 31.2 Å². The maximum absolute atomic E-state index is 6.64.